The van der Waals surface area contributed by atoms with E-state index >= 15 is 0 Å². The lowest BCUT2D eigenvalue weighted by Crippen LogP contribution is -2.23. The number of benzene rings is 2. The molecule has 3 aromatic rings. The first kappa shape index (κ1) is 18.1. The average molecular weight is 411 g/mol. The normalized spacial score (nSPS) is 10.3. The van der Waals surface area contributed by atoms with Crippen LogP contribution in [0.3, 0.4) is 0 Å². The van der Waals surface area contributed by atoms with E-state index in [0.29, 0.717) is 31.0 Å². The molecule has 0 saturated heterocycles. The molecule has 0 radical (unpaired) electrons. The Morgan fingerprint density at radius 3 is 2.69 bits per heavy atom. The van der Waals surface area contributed by atoms with E-state index in [0.717, 1.165) is 15.6 Å². The maximum Gasteiger partial charge on any atom is 0.220 e. The fourth-order valence-electron chi connectivity index (χ4n) is 2.49. The third kappa shape index (κ3) is 5.43. The molecular formula is C21H19BrN2O2. The standard InChI is InChI=1S/C21H19BrN2O2/c22-19-9-2-1-7-17(19)11-12-20(25)24-15-16-6-5-8-18(14-16)26-21-10-3-4-13-23-21/h1-10,13-14H,11-12,15H2,(H,24,25). The number of carbonyl (C=O) groups is 1. The number of halogens is 1. The molecule has 5 heteroatoms. The SMILES string of the molecule is O=C(CCc1ccccc1Br)NCc1cccc(Oc2ccccn2)c1. The molecule has 0 saturated carbocycles. The topological polar surface area (TPSA) is 51.2 Å². The van der Waals surface area contributed by atoms with Gasteiger partial charge in [0.2, 0.25) is 11.8 Å². The highest BCUT2D eigenvalue weighted by atomic mass is 79.9. The minimum absolute atomic E-state index is 0.0248. The van der Waals surface area contributed by atoms with Gasteiger partial charge in [-0.15, -0.1) is 0 Å². The Morgan fingerprint density at radius 2 is 1.88 bits per heavy atom. The Morgan fingerprint density at radius 1 is 1.04 bits per heavy atom. The van der Waals surface area contributed by atoms with Gasteiger partial charge < -0.3 is 10.1 Å². The third-order valence-electron chi connectivity index (χ3n) is 3.83. The first-order chi connectivity index (χ1) is 12.7. The van der Waals surface area contributed by atoms with Crippen LogP contribution in [0.4, 0.5) is 0 Å². The van der Waals surface area contributed by atoms with Gasteiger partial charge in [-0.2, -0.15) is 0 Å². The lowest BCUT2D eigenvalue weighted by Gasteiger charge is -2.09. The summed E-state index contributed by atoms with van der Waals surface area (Å²) in [5.74, 6) is 1.27. The van der Waals surface area contributed by atoms with E-state index < -0.39 is 0 Å². The molecule has 132 valence electrons. The van der Waals surface area contributed by atoms with Gasteiger partial charge in [0, 0.05) is 29.7 Å². The van der Waals surface area contributed by atoms with Crippen LogP contribution in [0.1, 0.15) is 17.5 Å². The van der Waals surface area contributed by atoms with Gasteiger partial charge in [-0.1, -0.05) is 52.3 Å². The number of nitrogens with one attached hydrogen (secondary N) is 1. The van der Waals surface area contributed by atoms with Crippen LogP contribution in [0.2, 0.25) is 0 Å². The van der Waals surface area contributed by atoms with Crippen LogP contribution in [0.15, 0.2) is 77.4 Å². The first-order valence-electron chi connectivity index (χ1n) is 8.38. The van der Waals surface area contributed by atoms with Gasteiger partial charge >= 0.3 is 0 Å². The molecule has 2 aromatic carbocycles. The van der Waals surface area contributed by atoms with Crippen LogP contribution in [0.25, 0.3) is 0 Å². The predicted octanol–water partition coefficient (Wildman–Crippen LogP) is 4.89. The number of carbonyl (C=O) groups excluding carboxylic acids is 1. The third-order valence-corrected chi connectivity index (χ3v) is 4.60. The second kappa shape index (κ2) is 9.15. The summed E-state index contributed by atoms with van der Waals surface area (Å²) in [4.78, 5) is 16.3. The molecule has 1 N–H and O–H groups in total. The van der Waals surface area contributed by atoms with Gasteiger partial charge in [-0.3, -0.25) is 4.79 Å². The Labute approximate surface area is 161 Å². The van der Waals surface area contributed by atoms with E-state index in [2.05, 4.69) is 26.2 Å². The lowest BCUT2D eigenvalue weighted by molar-refractivity contribution is -0.121. The van der Waals surface area contributed by atoms with Crippen LogP contribution >= 0.6 is 15.9 Å². The number of aromatic nitrogens is 1. The molecule has 0 aliphatic carbocycles. The van der Waals surface area contributed by atoms with E-state index in [4.69, 9.17) is 4.74 Å². The Kier molecular flexibility index (Phi) is 6.39. The monoisotopic (exact) mass is 410 g/mol. The number of pyridine rings is 1. The summed E-state index contributed by atoms with van der Waals surface area (Å²) in [7, 11) is 0. The number of rotatable bonds is 7. The van der Waals surface area contributed by atoms with E-state index in [1.165, 1.54) is 0 Å². The summed E-state index contributed by atoms with van der Waals surface area (Å²) in [6, 6.07) is 21.1. The molecule has 4 nitrogen and oxygen atoms in total. The van der Waals surface area contributed by atoms with Crippen LogP contribution in [-0.4, -0.2) is 10.9 Å². The molecule has 1 heterocycles. The van der Waals surface area contributed by atoms with Crippen molar-refractivity contribution in [2.45, 2.75) is 19.4 Å². The van der Waals surface area contributed by atoms with Crippen LogP contribution in [0.5, 0.6) is 11.6 Å². The van der Waals surface area contributed by atoms with Crippen molar-refractivity contribution < 1.29 is 9.53 Å². The minimum Gasteiger partial charge on any atom is -0.439 e. The fraction of sp³-hybridized carbons (Fsp3) is 0.143. The molecule has 1 aromatic heterocycles. The number of amides is 1. The second-order valence-electron chi connectivity index (χ2n) is 5.79. The van der Waals surface area contributed by atoms with Crippen LogP contribution < -0.4 is 10.1 Å². The van der Waals surface area contributed by atoms with Gasteiger partial charge in [0.1, 0.15) is 5.75 Å². The summed E-state index contributed by atoms with van der Waals surface area (Å²) in [5.41, 5.74) is 2.11. The Balaban J connectivity index is 1.50. The minimum atomic E-state index is 0.0248. The van der Waals surface area contributed by atoms with Crippen molar-refractivity contribution in [3.05, 3.63) is 88.5 Å². The molecular weight excluding hydrogens is 392 g/mol. The molecule has 26 heavy (non-hydrogen) atoms. The highest BCUT2D eigenvalue weighted by Crippen LogP contribution is 2.20. The number of hydrogen-bond donors (Lipinski definition) is 1. The van der Waals surface area contributed by atoms with E-state index in [9.17, 15) is 4.79 Å². The van der Waals surface area contributed by atoms with Crippen LogP contribution in [0, 0.1) is 0 Å². The summed E-state index contributed by atoms with van der Waals surface area (Å²) in [6.07, 6.45) is 2.84. The molecule has 0 atom stereocenters. The number of hydrogen-bond acceptors (Lipinski definition) is 3. The molecule has 0 unspecified atom stereocenters. The molecule has 0 bridgehead atoms. The van der Waals surface area contributed by atoms with Gasteiger partial charge in [0.25, 0.3) is 0 Å². The van der Waals surface area contributed by atoms with E-state index in [-0.39, 0.29) is 5.91 Å². The van der Waals surface area contributed by atoms with Crippen molar-refractivity contribution in [2.75, 3.05) is 0 Å². The van der Waals surface area contributed by atoms with Crippen molar-refractivity contribution in [3.63, 3.8) is 0 Å². The fourth-order valence-corrected chi connectivity index (χ4v) is 2.97. The summed E-state index contributed by atoms with van der Waals surface area (Å²) < 4.78 is 6.75. The predicted molar refractivity (Wildman–Crippen MR) is 105 cm³/mol. The second-order valence-corrected chi connectivity index (χ2v) is 6.64. The zero-order valence-corrected chi connectivity index (χ0v) is 15.8. The van der Waals surface area contributed by atoms with E-state index in [1.807, 2.05) is 60.7 Å². The number of ether oxygens (including phenoxy) is 1. The highest BCUT2D eigenvalue weighted by molar-refractivity contribution is 9.10. The van der Waals surface area contributed by atoms with E-state index in [1.54, 1.807) is 12.3 Å². The number of aryl methyl sites for hydroxylation is 1. The van der Waals surface area contributed by atoms with Gasteiger partial charge in [0.15, 0.2) is 0 Å². The molecule has 3 rings (SSSR count). The highest BCUT2D eigenvalue weighted by Gasteiger charge is 2.05. The van der Waals surface area contributed by atoms with Crippen molar-refractivity contribution in [3.8, 4) is 11.6 Å². The maximum atomic E-state index is 12.1. The molecule has 1 amide bonds. The van der Waals surface area contributed by atoms with Gasteiger partial charge in [-0.25, -0.2) is 4.98 Å². The number of nitrogens with zero attached hydrogens (tertiary/aromatic N) is 1. The quantitative estimate of drug-likeness (QED) is 0.603. The van der Waals surface area contributed by atoms with Crippen molar-refractivity contribution >= 4 is 21.8 Å². The molecule has 0 aliphatic heterocycles. The van der Waals surface area contributed by atoms with Gasteiger partial charge in [0.05, 0.1) is 0 Å². The largest absolute Gasteiger partial charge is 0.439 e. The lowest BCUT2D eigenvalue weighted by atomic mass is 10.1. The Bertz CT molecular complexity index is 869. The zero-order valence-electron chi connectivity index (χ0n) is 14.2. The van der Waals surface area contributed by atoms with Crippen molar-refractivity contribution in [1.29, 1.82) is 0 Å². The zero-order chi connectivity index (χ0) is 18.2. The van der Waals surface area contributed by atoms with Crippen molar-refractivity contribution in [2.24, 2.45) is 0 Å². The van der Waals surface area contributed by atoms with Crippen molar-refractivity contribution in [1.82, 2.24) is 10.3 Å². The molecule has 0 aliphatic rings. The molecule has 0 fully saturated rings. The van der Waals surface area contributed by atoms with Crippen LogP contribution in [-0.2, 0) is 17.8 Å². The molecule has 0 spiro atoms. The smallest absolute Gasteiger partial charge is 0.220 e. The Hall–Kier alpha value is -2.66. The van der Waals surface area contributed by atoms with Gasteiger partial charge in [-0.05, 0) is 41.8 Å². The summed E-state index contributed by atoms with van der Waals surface area (Å²) in [5, 5.41) is 2.95. The maximum absolute atomic E-state index is 12.1. The average Bonchev–Trinajstić information content (AvgIpc) is 2.67. The summed E-state index contributed by atoms with van der Waals surface area (Å²) >= 11 is 3.51. The summed E-state index contributed by atoms with van der Waals surface area (Å²) in [6.45, 7) is 0.466. The first-order valence-corrected chi connectivity index (χ1v) is 9.18.